The number of hydrogen-bond donors (Lipinski definition) is 1. The van der Waals surface area contributed by atoms with Crippen LogP contribution in [-0.2, 0) is 29.0 Å². The van der Waals surface area contributed by atoms with Gasteiger partial charge in [-0.05, 0) is 52.8 Å². The molecule has 0 bridgehead atoms. The van der Waals surface area contributed by atoms with E-state index < -0.39 is 6.04 Å². The van der Waals surface area contributed by atoms with Gasteiger partial charge in [0.05, 0.1) is 0 Å². The van der Waals surface area contributed by atoms with Crippen molar-refractivity contribution >= 4 is 34.2 Å². The molecule has 1 fully saturated rings. The van der Waals surface area contributed by atoms with Crippen LogP contribution in [-0.4, -0.2) is 28.8 Å². The Bertz CT molecular complexity index is 1430. The van der Waals surface area contributed by atoms with Gasteiger partial charge in [-0.2, -0.15) is 0 Å². The number of amides is 2. The lowest BCUT2D eigenvalue weighted by atomic mass is 9.94. The Labute approximate surface area is 242 Å². The summed E-state index contributed by atoms with van der Waals surface area (Å²) in [7, 11) is 0. The molecule has 206 valence electrons. The Morgan fingerprint density at radius 2 is 1.48 bits per heavy atom. The van der Waals surface area contributed by atoms with Crippen molar-refractivity contribution in [2.45, 2.75) is 70.0 Å². The van der Waals surface area contributed by atoms with Gasteiger partial charge in [0.25, 0.3) is 0 Å². The third-order valence-electron chi connectivity index (χ3n) is 8.01. The standard InChI is InChI=1S/C35H37ClN2O2/c36-32-21-10-8-15-29(32)25-38(34(39)23-22-28-17-11-16-27-14-7-9-20-31(27)28)33(24-26-12-3-1-4-13-26)35(40)37-30-18-5-2-6-19-30/h1,3-4,7-17,20-21,30,33H,2,5-6,18-19,22-25H2,(H,37,40). The van der Waals surface area contributed by atoms with E-state index in [1.807, 2.05) is 72.8 Å². The van der Waals surface area contributed by atoms with Crippen molar-refractivity contribution in [3.63, 3.8) is 0 Å². The molecule has 4 aromatic carbocycles. The van der Waals surface area contributed by atoms with E-state index in [1.165, 1.54) is 6.42 Å². The molecule has 0 aromatic heterocycles. The van der Waals surface area contributed by atoms with E-state index in [9.17, 15) is 9.59 Å². The molecule has 1 N–H and O–H groups in total. The zero-order valence-electron chi connectivity index (χ0n) is 22.9. The first-order valence-electron chi connectivity index (χ1n) is 14.4. The summed E-state index contributed by atoms with van der Waals surface area (Å²) in [5.74, 6) is -0.131. The van der Waals surface area contributed by atoms with E-state index in [-0.39, 0.29) is 24.4 Å². The van der Waals surface area contributed by atoms with Crippen LogP contribution in [0.15, 0.2) is 97.1 Å². The lowest BCUT2D eigenvalue weighted by Gasteiger charge is -2.34. The maximum absolute atomic E-state index is 14.1. The van der Waals surface area contributed by atoms with Crippen LogP contribution >= 0.6 is 11.6 Å². The number of benzene rings is 4. The average Bonchev–Trinajstić information content (AvgIpc) is 2.99. The Kier molecular flexibility index (Phi) is 9.51. The molecule has 1 unspecified atom stereocenters. The maximum Gasteiger partial charge on any atom is 0.243 e. The van der Waals surface area contributed by atoms with E-state index in [2.05, 4.69) is 29.6 Å². The predicted octanol–water partition coefficient (Wildman–Crippen LogP) is 7.51. The van der Waals surface area contributed by atoms with Crippen molar-refractivity contribution in [2.75, 3.05) is 0 Å². The lowest BCUT2D eigenvalue weighted by Crippen LogP contribution is -2.53. The van der Waals surface area contributed by atoms with Gasteiger partial charge < -0.3 is 10.2 Å². The summed E-state index contributed by atoms with van der Waals surface area (Å²) in [5.41, 5.74) is 3.00. The third kappa shape index (κ3) is 7.11. The Balaban J connectivity index is 1.44. The van der Waals surface area contributed by atoms with Gasteiger partial charge in [0.2, 0.25) is 11.8 Å². The fourth-order valence-corrected chi connectivity index (χ4v) is 6.00. The number of nitrogens with zero attached hydrogens (tertiary/aromatic N) is 1. The number of fused-ring (bicyclic) bond motifs is 1. The molecule has 0 spiro atoms. The Morgan fingerprint density at radius 1 is 0.800 bits per heavy atom. The molecule has 2 amide bonds. The first-order valence-corrected chi connectivity index (χ1v) is 14.8. The molecule has 1 atom stereocenters. The molecule has 1 saturated carbocycles. The van der Waals surface area contributed by atoms with Gasteiger partial charge in [-0.25, -0.2) is 0 Å². The normalized spacial score (nSPS) is 14.5. The molecule has 4 nitrogen and oxygen atoms in total. The molecule has 5 rings (SSSR count). The molecule has 0 heterocycles. The summed E-state index contributed by atoms with van der Waals surface area (Å²) in [6.07, 6.45) is 6.80. The molecule has 40 heavy (non-hydrogen) atoms. The van der Waals surface area contributed by atoms with Gasteiger partial charge in [0, 0.05) is 30.5 Å². The fourth-order valence-electron chi connectivity index (χ4n) is 5.80. The second kappa shape index (κ2) is 13.6. The first kappa shape index (κ1) is 27.9. The lowest BCUT2D eigenvalue weighted by molar-refractivity contribution is -0.141. The highest BCUT2D eigenvalue weighted by molar-refractivity contribution is 6.31. The number of aryl methyl sites for hydroxylation is 1. The van der Waals surface area contributed by atoms with Crippen LogP contribution in [0.25, 0.3) is 10.8 Å². The number of carbonyl (C=O) groups is 2. The second-order valence-electron chi connectivity index (χ2n) is 10.8. The summed E-state index contributed by atoms with van der Waals surface area (Å²) < 4.78 is 0. The van der Waals surface area contributed by atoms with Crippen LogP contribution in [0.2, 0.25) is 5.02 Å². The van der Waals surface area contributed by atoms with Crippen molar-refractivity contribution in [1.29, 1.82) is 0 Å². The van der Waals surface area contributed by atoms with Crippen molar-refractivity contribution in [1.82, 2.24) is 10.2 Å². The molecular formula is C35H37ClN2O2. The minimum Gasteiger partial charge on any atom is -0.352 e. The van der Waals surface area contributed by atoms with Crippen molar-refractivity contribution < 1.29 is 9.59 Å². The van der Waals surface area contributed by atoms with E-state index in [0.29, 0.717) is 24.3 Å². The molecular weight excluding hydrogens is 516 g/mol. The summed E-state index contributed by atoms with van der Waals surface area (Å²) in [4.78, 5) is 29.8. The molecule has 1 aliphatic carbocycles. The zero-order valence-corrected chi connectivity index (χ0v) is 23.7. The highest BCUT2D eigenvalue weighted by atomic mass is 35.5. The van der Waals surface area contributed by atoms with Crippen molar-refractivity contribution in [3.05, 3.63) is 119 Å². The van der Waals surface area contributed by atoms with E-state index >= 15 is 0 Å². The minimum atomic E-state index is -0.638. The Hall–Kier alpha value is -3.63. The van der Waals surface area contributed by atoms with Gasteiger partial charge in [-0.15, -0.1) is 0 Å². The first-order chi connectivity index (χ1) is 19.6. The van der Waals surface area contributed by atoms with Gasteiger partial charge in [0.1, 0.15) is 6.04 Å². The number of carbonyl (C=O) groups excluding carboxylic acids is 2. The largest absolute Gasteiger partial charge is 0.352 e. The minimum absolute atomic E-state index is 0.0485. The zero-order chi connectivity index (χ0) is 27.7. The van der Waals surface area contributed by atoms with Gasteiger partial charge in [-0.1, -0.05) is 122 Å². The summed E-state index contributed by atoms with van der Waals surface area (Å²) in [6.45, 7) is 0.281. The van der Waals surface area contributed by atoms with Crippen LogP contribution < -0.4 is 5.32 Å². The van der Waals surface area contributed by atoms with Gasteiger partial charge in [-0.3, -0.25) is 9.59 Å². The molecule has 0 aliphatic heterocycles. The predicted molar refractivity (Wildman–Crippen MR) is 163 cm³/mol. The number of halogens is 1. The average molecular weight is 553 g/mol. The molecule has 4 aromatic rings. The number of nitrogens with one attached hydrogen (secondary N) is 1. The maximum atomic E-state index is 14.1. The number of rotatable bonds is 10. The summed E-state index contributed by atoms with van der Waals surface area (Å²) in [6, 6.07) is 31.6. The van der Waals surface area contributed by atoms with Crippen LogP contribution in [0, 0.1) is 0 Å². The molecule has 0 saturated heterocycles. The van der Waals surface area contributed by atoms with Crippen LogP contribution in [0.5, 0.6) is 0 Å². The van der Waals surface area contributed by atoms with Crippen molar-refractivity contribution in [3.8, 4) is 0 Å². The topological polar surface area (TPSA) is 49.4 Å². The van der Waals surface area contributed by atoms with E-state index in [1.54, 1.807) is 4.90 Å². The quantitative estimate of drug-likeness (QED) is 0.221. The SMILES string of the molecule is O=C(NC1CCCCC1)C(Cc1ccccc1)N(Cc1ccccc1Cl)C(=O)CCc1cccc2ccccc12. The van der Waals surface area contributed by atoms with Crippen molar-refractivity contribution in [2.24, 2.45) is 0 Å². The fraction of sp³-hybridized carbons (Fsp3) is 0.314. The van der Waals surface area contributed by atoms with Crippen LogP contribution in [0.1, 0.15) is 55.2 Å². The summed E-state index contributed by atoms with van der Waals surface area (Å²) >= 11 is 6.57. The smallest absolute Gasteiger partial charge is 0.243 e. The third-order valence-corrected chi connectivity index (χ3v) is 8.38. The Morgan fingerprint density at radius 3 is 2.27 bits per heavy atom. The van der Waals surface area contributed by atoms with Crippen LogP contribution in [0.3, 0.4) is 0 Å². The monoisotopic (exact) mass is 552 g/mol. The number of hydrogen-bond acceptors (Lipinski definition) is 2. The van der Waals surface area contributed by atoms with E-state index in [4.69, 9.17) is 11.6 Å². The molecule has 1 aliphatic rings. The van der Waals surface area contributed by atoms with Gasteiger partial charge in [0.15, 0.2) is 0 Å². The molecule has 0 radical (unpaired) electrons. The van der Waals surface area contributed by atoms with E-state index in [0.717, 1.165) is 53.1 Å². The highest BCUT2D eigenvalue weighted by Gasteiger charge is 2.32. The second-order valence-corrected chi connectivity index (χ2v) is 11.2. The summed E-state index contributed by atoms with van der Waals surface area (Å²) in [5, 5.41) is 6.22. The molecule has 5 heteroatoms. The van der Waals surface area contributed by atoms with Gasteiger partial charge >= 0.3 is 0 Å². The highest BCUT2D eigenvalue weighted by Crippen LogP contribution is 2.24. The van der Waals surface area contributed by atoms with Crippen LogP contribution in [0.4, 0.5) is 0 Å².